The van der Waals surface area contributed by atoms with Gasteiger partial charge < -0.3 is 15.4 Å². The summed E-state index contributed by atoms with van der Waals surface area (Å²) < 4.78 is 5.73. The van der Waals surface area contributed by atoms with E-state index in [0.29, 0.717) is 6.04 Å². The lowest BCUT2D eigenvalue weighted by atomic mass is 10.1. The summed E-state index contributed by atoms with van der Waals surface area (Å²) in [7, 11) is 0. The minimum Gasteiger partial charge on any atom is -0.493 e. The maximum absolute atomic E-state index is 6.02. The van der Waals surface area contributed by atoms with Gasteiger partial charge in [0.15, 0.2) is 0 Å². The monoisotopic (exact) mass is 291 g/mol. The van der Waals surface area contributed by atoms with E-state index in [1.807, 2.05) is 6.07 Å². The Morgan fingerprint density at radius 3 is 2.48 bits per heavy atom. The third-order valence-electron chi connectivity index (χ3n) is 4.28. The van der Waals surface area contributed by atoms with Crippen molar-refractivity contribution in [3.63, 3.8) is 0 Å². The van der Waals surface area contributed by atoms with Crippen molar-refractivity contribution in [2.24, 2.45) is 0 Å². The molecule has 0 aliphatic carbocycles. The molecule has 1 saturated heterocycles. The van der Waals surface area contributed by atoms with E-state index in [0.717, 1.165) is 50.6 Å². The lowest BCUT2D eigenvalue weighted by molar-refractivity contribution is 0.193. The Hall–Kier alpha value is -1.42. The summed E-state index contributed by atoms with van der Waals surface area (Å²) in [5.41, 5.74) is 7.98. The molecule has 1 aromatic carbocycles. The number of rotatable bonds is 6. The SMILES string of the molecule is CCCOc1cc(N)cc(N2CCN(C(C)CC)CC2)c1. The molecule has 4 nitrogen and oxygen atoms in total. The third kappa shape index (κ3) is 4.27. The molecule has 0 amide bonds. The number of hydrogen-bond acceptors (Lipinski definition) is 4. The second-order valence-electron chi connectivity index (χ2n) is 5.89. The van der Waals surface area contributed by atoms with Crippen molar-refractivity contribution in [1.29, 1.82) is 0 Å². The van der Waals surface area contributed by atoms with Gasteiger partial charge in [-0.25, -0.2) is 0 Å². The number of piperazine rings is 1. The van der Waals surface area contributed by atoms with Crippen LogP contribution in [0.2, 0.25) is 0 Å². The molecule has 0 spiro atoms. The van der Waals surface area contributed by atoms with Crippen molar-refractivity contribution in [2.75, 3.05) is 43.4 Å². The fourth-order valence-electron chi connectivity index (χ4n) is 2.77. The van der Waals surface area contributed by atoms with E-state index in [4.69, 9.17) is 10.5 Å². The molecule has 1 aliphatic rings. The average Bonchev–Trinajstić information content (AvgIpc) is 2.51. The Morgan fingerprint density at radius 2 is 1.86 bits per heavy atom. The van der Waals surface area contributed by atoms with Crippen LogP contribution in [0.4, 0.5) is 11.4 Å². The van der Waals surface area contributed by atoms with Crippen molar-refractivity contribution in [3.8, 4) is 5.75 Å². The second-order valence-corrected chi connectivity index (χ2v) is 5.89. The third-order valence-corrected chi connectivity index (χ3v) is 4.28. The highest BCUT2D eigenvalue weighted by Crippen LogP contribution is 2.27. The van der Waals surface area contributed by atoms with Crippen LogP contribution in [0.3, 0.4) is 0 Å². The van der Waals surface area contributed by atoms with Gasteiger partial charge in [-0.05, 0) is 25.8 Å². The summed E-state index contributed by atoms with van der Waals surface area (Å²) in [6.45, 7) is 11.8. The van der Waals surface area contributed by atoms with Crippen molar-refractivity contribution < 1.29 is 4.74 Å². The minimum absolute atomic E-state index is 0.677. The molecule has 0 radical (unpaired) electrons. The van der Waals surface area contributed by atoms with E-state index in [9.17, 15) is 0 Å². The van der Waals surface area contributed by atoms with E-state index in [1.54, 1.807) is 0 Å². The maximum atomic E-state index is 6.02. The number of nitrogens with zero attached hydrogens (tertiary/aromatic N) is 2. The highest BCUT2D eigenvalue weighted by Gasteiger charge is 2.20. The van der Waals surface area contributed by atoms with Crippen LogP contribution in [0.5, 0.6) is 5.75 Å². The Morgan fingerprint density at radius 1 is 1.14 bits per heavy atom. The van der Waals surface area contributed by atoms with Gasteiger partial charge in [0, 0.05) is 55.7 Å². The molecule has 1 aliphatic heterocycles. The number of ether oxygens (including phenoxy) is 1. The molecule has 0 saturated carbocycles. The molecule has 21 heavy (non-hydrogen) atoms. The summed E-state index contributed by atoms with van der Waals surface area (Å²) in [5, 5.41) is 0. The molecule has 1 heterocycles. The zero-order chi connectivity index (χ0) is 15.2. The number of anilines is 2. The summed E-state index contributed by atoms with van der Waals surface area (Å²) >= 11 is 0. The van der Waals surface area contributed by atoms with E-state index >= 15 is 0 Å². The largest absolute Gasteiger partial charge is 0.493 e. The molecule has 1 fully saturated rings. The number of nitrogen functional groups attached to an aromatic ring is 1. The number of benzene rings is 1. The summed E-state index contributed by atoms with van der Waals surface area (Å²) in [5.74, 6) is 0.885. The molecular formula is C17H29N3O. The van der Waals surface area contributed by atoms with Gasteiger partial charge in [-0.3, -0.25) is 4.90 Å². The summed E-state index contributed by atoms with van der Waals surface area (Å²) in [4.78, 5) is 4.98. The van der Waals surface area contributed by atoms with Crippen molar-refractivity contribution in [3.05, 3.63) is 18.2 Å². The first-order chi connectivity index (χ1) is 10.1. The van der Waals surface area contributed by atoms with Gasteiger partial charge in [-0.1, -0.05) is 13.8 Å². The standard InChI is InChI=1S/C17H29N3O/c1-4-10-21-17-12-15(18)11-16(13-17)20-8-6-19(7-9-20)14(3)5-2/h11-14H,4-10,18H2,1-3H3. The molecular weight excluding hydrogens is 262 g/mol. The Balaban J connectivity index is 2.01. The van der Waals surface area contributed by atoms with Gasteiger partial charge in [-0.2, -0.15) is 0 Å². The molecule has 2 rings (SSSR count). The normalized spacial score (nSPS) is 17.8. The lowest BCUT2D eigenvalue weighted by Crippen LogP contribution is -2.49. The Labute approximate surface area is 128 Å². The second kappa shape index (κ2) is 7.55. The predicted molar refractivity (Wildman–Crippen MR) is 90.2 cm³/mol. The molecule has 1 unspecified atom stereocenters. The molecule has 4 heteroatoms. The fourth-order valence-corrected chi connectivity index (χ4v) is 2.77. The molecule has 1 aromatic rings. The average molecular weight is 291 g/mol. The first kappa shape index (κ1) is 16.0. The van der Waals surface area contributed by atoms with Crippen LogP contribution in [-0.4, -0.2) is 43.7 Å². The zero-order valence-corrected chi connectivity index (χ0v) is 13.6. The van der Waals surface area contributed by atoms with Crippen molar-refractivity contribution in [1.82, 2.24) is 4.90 Å². The molecule has 0 aromatic heterocycles. The zero-order valence-electron chi connectivity index (χ0n) is 13.6. The van der Waals surface area contributed by atoms with Crippen molar-refractivity contribution >= 4 is 11.4 Å². The smallest absolute Gasteiger partial charge is 0.123 e. The quantitative estimate of drug-likeness (QED) is 0.818. The van der Waals surface area contributed by atoms with Crippen molar-refractivity contribution in [2.45, 2.75) is 39.7 Å². The molecule has 118 valence electrons. The van der Waals surface area contributed by atoms with Crippen LogP contribution in [0.25, 0.3) is 0 Å². The van der Waals surface area contributed by atoms with E-state index in [2.05, 4.69) is 42.7 Å². The van der Waals surface area contributed by atoms with Crippen LogP contribution >= 0.6 is 0 Å². The fraction of sp³-hybridized carbons (Fsp3) is 0.647. The number of nitrogens with two attached hydrogens (primary N) is 1. The van der Waals surface area contributed by atoms with Crippen LogP contribution in [0.1, 0.15) is 33.6 Å². The topological polar surface area (TPSA) is 41.7 Å². The minimum atomic E-state index is 0.677. The molecule has 0 bridgehead atoms. The van der Waals surface area contributed by atoms with Crippen LogP contribution < -0.4 is 15.4 Å². The van der Waals surface area contributed by atoms with Gasteiger partial charge >= 0.3 is 0 Å². The van der Waals surface area contributed by atoms with E-state index in [1.165, 1.54) is 12.1 Å². The summed E-state index contributed by atoms with van der Waals surface area (Å²) in [6, 6.07) is 6.76. The highest BCUT2D eigenvalue weighted by molar-refractivity contribution is 5.60. The predicted octanol–water partition coefficient (Wildman–Crippen LogP) is 2.98. The van der Waals surface area contributed by atoms with Gasteiger partial charge in [-0.15, -0.1) is 0 Å². The Kier molecular flexibility index (Phi) is 5.74. The van der Waals surface area contributed by atoms with E-state index in [-0.39, 0.29) is 0 Å². The van der Waals surface area contributed by atoms with Gasteiger partial charge in [0.1, 0.15) is 5.75 Å². The van der Waals surface area contributed by atoms with Gasteiger partial charge in [0.25, 0.3) is 0 Å². The van der Waals surface area contributed by atoms with E-state index < -0.39 is 0 Å². The van der Waals surface area contributed by atoms with Crippen LogP contribution in [0, 0.1) is 0 Å². The summed E-state index contributed by atoms with van der Waals surface area (Å²) in [6.07, 6.45) is 2.23. The molecule has 1 atom stereocenters. The van der Waals surface area contributed by atoms with Crippen LogP contribution in [0.15, 0.2) is 18.2 Å². The van der Waals surface area contributed by atoms with Gasteiger partial charge in [0.2, 0.25) is 0 Å². The maximum Gasteiger partial charge on any atom is 0.123 e. The molecule has 2 N–H and O–H groups in total. The lowest BCUT2D eigenvalue weighted by Gasteiger charge is -2.39. The van der Waals surface area contributed by atoms with Crippen LogP contribution in [-0.2, 0) is 0 Å². The Bertz CT molecular complexity index is 442. The highest BCUT2D eigenvalue weighted by atomic mass is 16.5. The first-order valence-electron chi connectivity index (χ1n) is 8.16. The van der Waals surface area contributed by atoms with Gasteiger partial charge in [0.05, 0.1) is 6.61 Å². The first-order valence-corrected chi connectivity index (χ1v) is 8.16. The number of hydrogen-bond donors (Lipinski definition) is 1.